The topological polar surface area (TPSA) is 133 Å². The highest BCUT2D eigenvalue weighted by Crippen LogP contribution is 2.37. The number of halogens is 9. The SMILES string of the molecule is CC(C)(C)Nc1nc(NCC2CCC(CNS(=O)(=O)c3cc(C(F)(F)F)cc(C(F)(F)F)c3)CC2)nc2ccccc12.O=C(O)C(F)(F)F. The van der Waals surface area contributed by atoms with Crippen molar-refractivity contribution in [1.29, 1.82) is 0 Å². The van der Waals surface area contributed by atoms with Gasteiger partial charge in [-0.1, -0.05) is 12.1 Å². The number of rotatable bonds is 8. The van der Waals surface area contributed by atoms with E-state index >= 15 is 0 Å². The highest BCUT2D eigenvalue weighted by atomic mass is 32.2. The maximum atomic E-state index is 13.2. The predicted octanol–water partition coefficient (Wildman–Crippen LogP) is 7.71. The van der Waals surface area contributed by atoms with E-state index in [0.29, 0.717) is 25.3 Å². The number of hydrogen-bond donors (Lipinski definition) is 4. The summed E-state index contributed by atoms with van der Waals surface area (Å²) in [5.41, 5.74) is -2.78. The Morgan fingerprint density at radius 3 is 1.78 bits per heavy atom. The van der Waals surface area contributed by atoms with Crippen molar-refractivity contribution in [3.63, 3.8) is 0 Å². The van der Waals surface area contributed by atoms with Crippen LogP contribution in [0.4, 0.5) is 51.3 Å². The molecule has 3 aromatic rings. The van der Waals surface area contributed by atoms with E-state index in [0.717, 1.165) is 29.6 Å². The number of anilines is 2. The van der Waals surface area contributed by atoms with E-state index in [1.54, 1.807) is 0 Å². The number of alkyl halides is 9. The summed E-state index contributed by atoms with van der Waals surface area (Å²) in [4.78, 5) is 17.1. The molecule has 4 N–H and O–H groups in total. The minimum absolute atomic E-state index is 0.0876. The number of benzene rings is 2. The summed E-state index contributed by atoms with van der Waals surface area (Å²) < 4.78 is 138. The molecule has 272 valence electrons. The number of aliphatic carboxylic acids is 1. The molecule has 0 unspecified atom stereocenters. The van der Waals surface area contributed by atoms with Crippen LogP contribution >= 0.6 is 0 Å². The van der Waals surface area contributed by atoms with Crippen molar-refractivity contribution in [3.8, 4) is 0 Å². The molecule has 0 aliphatic heterocycles. The summed E-state index contributed by atoms with van der Waals surface area (Å²) in [7, 11) is -4.61. The maximum absolute atomic E-state index is 13.2. The molecule has 9 nitrogen and oxygen atoms in total. The summed E-state index contributed by atoms with van der Waals surface area (Å²) in [6, 6.07) is 8.02. The van der Waals surface area contributed by atoms with Crippen LogP contribution in [-0.2, 0) is 27.2 Å². The molecule has 2 aromatic carbocycles. The second-order valence-electron chi connectivity index (χ2n) is 12.5. The Hall–Kier alpha value is -3.87. The molecule has 19 heteroatoms. The zero-order valence-electron chi connectivity index (χ0n) is 26.3. The highest BCUT2D eigenvalue weighted by Gasteiger charge is 2.39. The molecule has 0 spiro atoms. The van der Waals surface area contributed by atoms with Crippen LogP contribution in [0.3, 0.4) is 0 Å². The van der Waals surface area contributed by atoms with Gasteiger partial charge in [0.2, 0.25) is 16.0 Å². The van der Waals surface area contributed by atoms with E-state index in [1.807, 2.05) is 45.0 Å². The van der Waals surface area contributed by atoms with E-state index in [4.69, 9.17) is 9.90 Å². The van der Waals surface area contributed by atoms with Crippen molar-refractivity contribution in [2.24, 2.45) is 11.8 Å². The normalized spacial score (nSPS) is 17.6. The van der Waals surface area contributed by atoms with Crippen LogP contribution < -0.4 is 15.4 Å². The molecule has 1 aromatic heterocycles. The molecule has 49 heavy (non-hydrogen) atoms. The van der Waals surface area contributed by atoms with E-state index < -0.39 is 50.5 Å². The lowest BCUT2D eigenvalue weighted by molar-refractivity contribution is -0.192. The molecule has 0 saturated heterocycles. The van der Waals surface area contributed by atoms with Crippen LogP contribution in [0.5, 0.6) is 0 Å². The highest BCUT2D eigenvalue weighted by molar-refractivity contribution is 7.89. The number of para-hydroxylation sites is 1. The lowest BCUT2D eigenvalue weighted by atomic mass is 9.82. The number of fused-ring (bicyclic) bond motifs is 1. The first-order valence-electron chi connectivity index (χ1n) is 14.7. The van der Waals surface area contributed by atoms with Gasteiger partial charge in [0.15, 0.2) is 0 Å². The van der Waals surface area contributed by atoms with Gasteiger partial charge in [0.05, 0.1) is 21.5 Å². The van der Waals surface area contributed by atoms with Crippen molar-refractivity contribution >= 4 is 38.7 Å². The number of sulfonamides is 1. The lowest BCUT2D eigenvalue weighted by Crippen LogP contribution is -2.32. The number of carboxylic acid groups (broad SMARTS) is 1. The number of nitrogens with one attached hydrogen (secondary N) is 3. The number of carbonyl (C=O) groups is 1. The van der Waals surface area contributed by atoms with Gasteiger partial charge in [-0.25, -0.2) is 22.9 Å². The summed E-state index contributed by atoms with van der Waals surface area (Å²) in [5, 5.41) is 14.7. The van der Waals surface area contributed by atoms with Gasteiger partial charge in [-0.05, 0) is 88.6 Å². The molecule has 0 bridgehead atoms. The summed E-state index contributed by atoms with van der Waals surface area (Å²) in [6.07, 6.45) is -12.6. The fourth-order valence-electron chi connectivity index (χ4n) is 4.87. The summed E-state index contributed by atoms with van der Waals surface area (Å²) in [5.74, 6) is -1.41. The van der Waals surface area contributed by atoms with Gasteiger partial charge in [0, 0.05) is 24.0 Å². The first kappa shape index (κ1) is 39.6. The third-order valence-corrected chi connectivity index (χ3v) is 8.69. The zero-order valence-corrected chi connectivity index (χ0v) is 27.1. The number of aromatic nitrogens is 2. The molecule has 1 fully saturated rings. The fraction of sp³-hybridized carbons (Fsp3) is 0.500. The predicted molar refractivity (Wildman–Crippen MR) is 162 cm³/mol. The monoisotopic (exact) mass is 731 g/mol. The van der Waals surface area contributed by atoms with Crippen molar-refractivity contribution < 1.29 is 57.8 Å². The van der Waals surface area contributed by atoms with Gasteiger partial charge in [-0.2, -0.15) is 44.5 Å². The fourth-order valence-corrected chi connectivity index (χ4v) is 6.06. The Morgan fingerprint density at radius 1 is 0.816 bits per heavy atom. The third-order valence-electron chi connectivity index (χ3n) is 7.29. The average Bonchev–Trinajstić information content (AvgIpc) is 2.97. The van der Waals surface area contributed by atoms with E-state index in [9.17, 15) is 47.9 Å². The number of nitrogens with zero attached hydrogens (tertiary/aromatic N) is 2. The summed E-state index contributed by atoms with van der Waals surface area (Å²) >= 11 is 0. The summed E-state index contributed by atoms with van der Waals surface area (Å²) in [6.45, 7) is 6.62. The van der Waals surface area contributed by atoms with Crippen molar-refractivity contribution in [3.05, 3.63) is 53.6 Å². The molecule has 4 rings (SSSR count). The average molecular weight is 732 g/mol. The molecule has 0 radical (unpaired) electrons. The molecule has 1 heterocycles. The van der Waals surface area contributed by atoms with E-state index in [1.165, 1.54) is 0 Å². The van der Waals surface area contributed by atoms with Crippen LogP contribution in [-0.4, -0.2) is 54.3 Å². The van der Waals surface area contributed by atoms with Crippen LogP contribution in [0.1, 0.15) is 57.6 Å². The van der Waals surface area contributed by atoms with Gasteiger partial charge >= 0.3 is 24.5 Å². The minimum Gasteiger partial charge on any atom is -0.475 e. The Labute approximate surface area is 275 Å². The lowest BCUT2D eigenvalue weighted by Gasteiger charge is -2.29. The van der Waals surface area contributed by atoms with E-state index in [2.05, 4.69) is 25.3 Å². The molecule has 1 aliphatic rings. The van der Waals surface area contributed by atoms with Gasteiger partial charge in [0.25, 0.3) is 0 Å². The molecular weight excluding hydrogens is 697 g/mol. The van der Waals surface area contributed by atoms with Gasteiger partial charge in [-0.15, -0.1) is 0 Å². The Morgan fingerprint density at radius 2 is 1.31 bits per heavy atom. The van der Waals surface area contributed by atoms with Crippen LogP contribution in [0, 0.1) is 11.8 Å². The minimum atomic E-state index is -5.14. The Balaban J connectivity index is 0.000000838. The largest absolute Gasteiger partial charge is 0.490 e. The first-order valence-corrected chi connectivity index (χ1v) is 16.2. The van der Waals surface area contributed by atoms with Crippen LogP contribution in [0.25, 0.3) is 10.9 Å². The second kappa shape index (κ2) is 14.9. The van der Waals surface area contributed by atoms with Crippen LogP contribution in [0.15, 0.2) is 47.4 Å². The van der Waals surface area contributed by atoms with Gasteiger partial charge in [0.1, 0.15) is 5.82 Å². The molecular formula is C30H34F9N5O4S. The number of carboxylic acids is 1. The maximum Gasteiger partial charge on any atom is 0.490 e. The standard InChI is InChI=1S/C28H33F6N5O2S.C2HF3O2/c1-26(2,3)39-24-22-6-4-5-7-23(22)37-25(38-24)35-15-17-8-10-18(11-9-17)16-36-42(40,41)21-13-19(27(29,30)31)12-20(14-21)28(32,33)34;3-2(4,5)1(6)7/h4-7,12-14,17-18,36H,8-11,15-16H2,1-3H3,(H2,35,37,38,39);(H,6,7). The van der Waals surface area contributed by atoms with Crippen molar-refractivity contribution in [2.75, 3.05) is 23.7 Å². The van der Waals surface area contributed by atoms with Crippen molar-refractivity contribution in [1.82, 2.24) is 14.7 Å². The first-order chi connectivity index (χ1) is 22.3. The van der Waals surface area contributed by atoms with Crippen molar-refractivity contribution in [2.45, 2.75) is 75.4 Å². The Bertz CT molecular complexity index is 1680. The molecule has 1 aliphatic carbocycles. The second-order valence-corrected chi connectivity index (χ2v) is 14.2. The Kier molecular flexibility index (Phi) is 12.1. The smallest absolute Gasteiger partial charge is 0.475 e. The van der Waals surface area contributed by atoms with E-state index in [-0.39, 0.29) is 42.1 Å². The molecule has 0 amide bonds. The van der Waals surface area contributed by atoms with Crippen LogP contribution in [0.2, 0.25) is 0 Å². The van der Waals surface area contributed by atoms with Gasteiger partial charge < -0.3 is 15.7 Å². The molecule has 1 saturated carbocycles. The zero-order chi connectivity index (χ0) is 37.0. The third kappa shape index (κ3) is 11.9. The quantitative estimate of drug-likeness (QED) is 0.173. The number of hydrogen-bond acceptors (Lipinski definition) is 7. The molecule has 0 atom stereocenters. The van der Waals surface area contributed by atoms with Gasteiger partial charge in [-0.3, -0.25) is 0 Å².